The van der Waals surface area contributed by atoms with Gasteiger partial charge in [0.05, 0.1) is 11.1 Å². The number of fused-ring (bicyclic) bond motifs is 1. The number of hydrogen-bond acceptors (Lipinski definition) is 6. The first-order valence-corrected chi connectivity index (χ1v) is 8.44. The van der Waals surface area contributed by atoms with E-state index in [4.69, 9.17) is 4.74 Å². The monoisotopic (exact) mass is 358 g/mol. The van der Waals surface area contributed by atoms with E-state index >= 15 is 0 Å². The Morgan fingerprint density at radius 2 is 1.77 bits per heavy atom. The minimum absolute atomic E-state index is 0.00893. The van der Waals surface area contributed by atoms with Crippen LogP contribution < -0.4 is 0 Å². The van der Waals surface area contributed by atoms with Gasteiger partial charge in [0.2, 0.25) is 0 Å². The molecule has 0 spiro atoms. The van der Waals surface area contributed by atoms with Crippen molar-refractivity contribution < 1.29 is 29.3 Å². The predicted molar refractivity (Wildman–Crippen MR) is 95.4 cm³/mol. The van der Waals surface area contributed by atoms with Crippen molar-refractivity contribution in [3.63, 3.8) is 0 Å². The number of phenolic OH excluding ortho intramolecular Hbond substituents is 2. The molecule has 2 rings (SSSR count). The number of hydrogen-bond donors (Lipinski definition) is 2. The minimum atomic E-state index is -0.935. The van der Waals surface area contributed by atoms with Gasteiger partial charge in [-0.2, -0.15) is 0 Å². The third kappa shape index (κ3) is 4.02. The van der Waals surface area contributed by atoms with Crippen LogP contribution in [0, 0.1) is 0 Å². The molecule has 0 fully saturated rings. The van der Waals surface area contributed by atoms with Gasteiger partial charge in [0.25, 0.3) is 0 Å². The molecule has 0 bridgehead atoms. The largest absolute Gasteiger partial charge is 0.507 e. The molecule has 1 aromatic carbocycles. The molecule has 0 amide bonds. The lowest BCUT2D eigenvalue weighted by molar-refractivity contribution is -0.147. The summed E-state index contributed by atoms with van der Waals surface area (Å²) in [5.74, 6) is -2.49. The Morgan fingerprint density at radius 3 is 2.35 bits per heavy atom. The van der Waals surface area contributed by atoms with Crippen molar-refractivity contribution in [1.82, 2.24) is 0 Å². The fourth-order valence-corrected chi connectivity index (χ4v) is 2.73. The fraction of sp³-hybridized carbons (Fsp3) is 0.350. The maximum Gasteiger partial charge on any atom is 0.306 e. The van der Waals surface area contributed by atoms with Crippen molar-refractivity contribution in [3.8, 4) is 11.5 Å². The molecule has 0 heterocycles. The number of Topliss-reactive ketones (excluding diaryl/α,β-unsaturated/α-hetero) is 1. The lowest BCUT2D eigenvalue weighted by atomic mass is 9.85. The Hall–Kier alpha value is -2.89. The Kier molecular flexibility index (Phi) is 5.97. The summed E-state index contributed by atoms with van der Waals surface area (Å²) in [7, 11) is 0. The average molecular weight is 358 g/mol. The first-order chi connectivity index (χ1) is 12.3. The molecule has 0 aromatic heterocycles. The lowest BCUT2D eigenvalue weighted by Gasteiger charge is -2.23. The molecule has 1 atom stereocenters. The molecule has 6 nitrogen and oxygen atoms in total. The van der Waals surface area contributed by atoms with Gasteiger partial charge in [0.1, 0.15) is 17.6 Å². The average Bonchev–Trinajstić information content (AvgIpc) is 2.57. The van der Waals surface area contributed by atoms with E-state index in [1.807, 2.05) is 20.8 Å². The van der Waals surface area contributed by atoms with E-state index in [1.165, 1.54) is 0 Å². The van der Waals surface area contributed by atoms with Gasteiger partial charge in [-0.1, -0.05) is 18.6 Å². The molecule has 0 saturated heterocycles. The number of esters is 1. The van der Waals surface area contributed by atoms with Gasteiger partial charge in [-0.3, -0.25) is 14.4 Å². The number of rotatable bonds is 6. The molecule has 0 aliphatic heterocycles. The quantitative estimate of drug-likeness (QED) is 0.459. The third-order valence-electron chi connectivity index (χ3n) is 4.00. The van der Waals surface area contributed by atoms with Crippen molar-refractivity contribution in [2.45, 2.75) is 46.1 Å². The van der Waals surface area contributed by atoms with Crippen molar-refractivity contribution in [2.75, 3.05) is 0 Å². The highest BCUT2D eigenvalue weighted by molar-refractivity contribution is 6.27. The van der Waals surface area contributed by atoms with E-state index in [1.54, 1.807) is 6.08 Å². The van der Waals surface area contributed by atoms with Gasteiger partial charge in [0.15, 0.2) is 11.6 Å². The highest BCUT2D eigenvalue weighted by Gasteiger charge is 2.35. The molecule has 0 radical (unpaired) electrons. The zero-order valence-electron chi connectivity index (χ0n) is 15.0. The molecule has 6 heteroatoms. The van der Waals surface area contributed by atoms with E-state index in [2.05, 4.69) is 0 Å². The molecule has 2 N–H and O–H groups in total. The SMILES string of the molecule is CCCC(=O)O[C@@H](CC=C(C)C)C1=CC(=O)c2c(O)ccc(O)c2C1=O. The molecule has 26 heavy (non-hydrogen) atoms. The number of aromatic hydroxyl groups is 2. The third-order valence-corrected chi connectivity index (χ3v) is 4.00. The second-order valence-corrected chi connectivity index (χ2v) is 6.39. The van der Waals surface area contributed by atoms with Gasteiger partial charge < -0.3 is 14.9 Å². The van der Waals surface area contributed by atoms with E-state index in [9.17, 15) is 24.6 Å². The number of benzene rings is 1. The summed E-state index contributed by atoms with van der Waals surface area (Å²) in [6.07, 6.45) is 2.97. The van der Waals surface area contributed by atoms with Crippen LogP contribution in [0.1, 0.15) is 60.7 Å². The maximum absolute atomic E-state index is 12.9. The Bertz CT molecular complexity index is 812. The number of carbonyl (C=O) groups is 3. The summed E-state index contributed by atoms with van der Waals surface area (Å²) in [5, 5.41) is 19.9. The van der Waals surface area contributed by atoms with Crippen LogP contribution in [0.15, 0.2) is 35.4 Å². The molecule has 0 saturated carbocycles. The molecular weight excluding hydrogens is 336 g/mol. The minimum Gasteiger partial charge on any atom is -0.507 e. The molecule has 138 valence electrons. The number of phenols is 2. The predicted octanol–water partition coefficient (Wildman–Crippen LogP) is 3.47. The maximum atomic E-state index is 12.9. The zero-order valence-corrected chi connectivity index (χ0v) is 15.0. The van der Waals surface area contributed by atoms with Crippen molar-refractivity contribution >= 4 is 17.5 Å². The molecule has 1 aliphatic rings. The van der Waals surface area contributed by atoms with E-state index in [0.717, 1.165) is 23.8 Å². The molecular formula is C20H22O6. The highest BCUT2D eigenvalue weighted by atomic mass is 16.5. The van der Waals surface area contributed by atoms with Crippen molar-refractivity contribution in [3.05, 3.63) is 46.6 Å². The summed E-state index contributed by atoms with van der Waals surface area (Å²) < 4.78 is 5.42. The Balaban J connectivity index is 2.46. The topological polar surface area (TPSA) is 101 Å². The summed E-state index contributed by atoms with van der Waals surface area (Å²) in [4.78, 5) is 37.2. The smallest absolute Gasteiger partial charge is 0.306 e. The second-order valence-electron chi connectivity index (χ2n) is 6.39. The van der Waals surface area contributed by atoms with Gasteiger partial charge >= 0.3 is 5.97 Å². The highest BCUT2D eigenvalue weighted by Crippen LogP contribution is 2.36. The first-order valence-electron chi connectivity index (χ1n) is 8.44. The van der Waals surface area contributed by atoms with E-state index in [0.29, 0.717) is 6.42 Å². The van der Waals surface area contributed by atoms with E-state index < -0.39 is 29.4 Å². The van der Waals surface area contributed by atoms with Crippen LogP contribution in [0.3, 0.4) is 0 Å². The van der Waals surface area contributed by atoms with Gasteiger partial charge in [-0.05, 0) is 38.5 Å². The van der Waals surface area contributed by atoms with Crippen LogP contribution in [-0.4, -0.2) is 33.9 Å². The summed E-state index contributed by atoms with van der Waals surface area (Å²) >= 11 is 0. The first kappa shape index (κ1) is 19.4. The molecule has 0 unspecified atom stereocenters. The van der Waals surface area contributed by atoms with Crippen LogP contribution in [0.2, 0.25) is 0 Å². The van der Waals surface area contributed by atoms with Crippen molar-refractivity contribution in [1.29, 1.82) is 0 Å². The Morgan fingerprint density at radius 1 is 1.15 bits per heavy atom. The number of ether oxygens (including phenoxy) is 1. The number of allylic oxidation sites excluding steroid dienone is 2. The van der Waals surface area contributed by atoms with Gasteiger partial charge in [-0.25, -0.2) is 0 Å². The molecule has 1 aromatic rings. The fourth-order valence-electron chi connectivity index (χ4n) is 2.73. The van der Waals surface area contributed by atoms with Gasteiger partial charge in [0, 0.05) is 18.4 Å². The van der Waals surface area contributed by atoms with Crippen LogP contribution in [-0.2, 0) is 9.53 Å². The Labute approximate surface area is 151 Å². The summed E-state index contributed by atoms with van der Waals surface area (Å²) in [5.41, 5.74) is 0.462. The number of ketones is 2. The number of carbonyl (C=O) groups excluding carboxylic acids is 3. The van der Waals surface area contributed by atoms with Gasteiger partial charge in [-0.15, -0.1) is 0 Å². The van der Waals surface area contributed by atoms with E-state index in [-0.39, 0.29) is 35.3 Å². The second kappa shape index (κ2) is 7.99. The zero-order chi connectivity index (χ0) is 19.4. The van der Waals surface area contributed by atoms with Crippen LogP contribution in [0.5, 0.6) is 11.5 Å². The summed E-state index contributed by atoms with van der Waals surface area (Å²) in [6.45, 7) is 5.57. The molecule has 1 aliphatic carbocycles. The standard InChI is InChI=1S/C20H22O6/c1-4-5-17(24)26-16(9-6-11(2)3)12-10-15(23)18-13(21)7-8-14(22)19(18)20(12)25/h6-8,10,16,21-22H,4-5,9H2,1-3H3/t16-/m0/s1. The van der Waals surface area contributed by atoms with Crippen LogP contribution in [0.25, 0.3) is 0 Å². The normalized spacial score (nSPS) is 14.3. The van der Waals surface area contributed by atoms with Crippen LogP contribution >= 0.6 is 0 Å². The lowest BCUT2D eigenvalue weighted by Crippen LogP contribution is -2.29. The van der Waals surface area contributed by atoms with Crippen molar-refractivity contribution in [2.24, 2.45) is 0 Å². The summed E-state index contributed by atoms with van der Waals surface area (Å²) in [6, 6.07) is 2.30. The van der Waals surface area contributed by atoms with Crippen LogP contribution in [0.4, 0.5) is 0 Å².